The molecule has 1 aromatic rings. The summed E-state index contributed by atoms with van der Waals surface area (Å²) in [6, 6.07) is 9.98. The van der Waals surface area contributed by atoms with E-state index in [0.29, 0.717) is 30.5 Å². The van der Waals surface area contributed by atoms with E-state index in [1.54, 1.807) is 43.0 Å². The van der Waals surface area contributed by atoms with Gasteiger partial charge in [0.25, 0.3) is 11.8 Å². The Morgan fingerprint density at radius 1 is 1.27 bits per heavy atom. The number of nitrogens with zero attached hydrogens (tertiary/aromatic N) is 4. The van der Waals surface area contributed by atoms with Crippen molar-refractivity contribution in [3.05, 3.63) is 47.0 Å². The SMILES string of the molecule is CC(C)(/C=C(\C#N)C(=O)N1CCCC[C@@H]1COC(=O)N[C@@H](Cc1ccccc1C#N)B(O)O)N1CCC(F)(F)C1. The number of benzene rings is 1. The third kappa shape index (κ3) is 8.01. The van der Waals surface area contributed by atoms with E-state index in [4.69, 9.17) is 4.74 Å². The van der Waals surface area contributed by atoms with Crippen molar-refractivity contribution in [2.45, 2.75) is 69.4 Å². The third-order valence-corrected chi connectivity index (χ3v) is 7.37. The average Bonchev–Trinajstić information content (AvgIpc) is 3.30. The molecule has 3 rings (SSSR count). The van der Waals surface area contributed by atoms with Crippen molar-refractivity contribution in [3.8, 4) is 12.1 Å². The summed E-state index contributed by atoms with van der Waals surface area (Å²) in [6.45, 7) is 3.19. The highest BCUT2D eigenvalue weighted by Crippen LogP contribution is 2.33. The van der Waals surface area contributed by atoms with Crippen molar-refractivity contribution in [1.29, 1.82) is 10.5 Å². The second-order valence-electron chi connectivity index (χ2n) is 10.7. The molecular formula is C27H34BF2N5O5. The van der Waals surface area contributed by atoms with Gasteiger partial charge >= 0.3 is 13.2 Å². The smallest absolute Gasteiger partial charge is 0.447 e. The van der Waals surface area contributed by atoms with Crippen molar-refractivity contribution in [1.82, 2.24) is 15.1 Å². The van der Waals surface area contributed by atoms with Gasteiger partial charge in [0.05, 0.1) is 30.2 Å². The Morgan fingerprint density at radius 3 is 2.62 bits per heavy atom. The van der Waals surface area contributed by atoms with Crippen LogP contribution in [0.25, 0.3) is 0 Å². The number of carbonyl (C=O) groups excluding carboxylic acids is 2. The van der Waals surface area contributed by atoms with Crippen LogP contribution in [0.15, 0.2) is 35.9 Å². The zero-order valence-electron chi connectivity index (χ0n) is 22.6. The van der Waals surface area contributed by atoms with E-state index in [0.717, 1.165) is 6.42 Å². The molecule has 214 valence electrons. The van der Waals surface area contributed by atoms with Crippen LogP contribution in [0.4, 0.5) is 13.6 Å². The second kappa shape index (κ2) is 13.2. The summed E-state index contributed by atoms with van der Waals surface area (Å²) in [5.41, 5.74) is -0.269. The lowest BCUT2D eigenvalue weighted by Crippen LogP contribution is -2.50. The van der Waals surface area contributed by atoms with Gasteiger partial charge in [-0.05, 0) is 57.2 Å². The monoisotopic (exact) mass is 557 g/mol. The minimum Gasteiger partial charge on any atom is -0.447 e. The number of nitriles is 2. The van der Waals surface area contributed by atoms with E-state index in [2.05, 4.69) is 5.32 Å². The number of alkyl halides is 2. The van der Waals surface area contributed by atoms with Gasteiger partial charge in [0, 0.05) is 25.0 Å². The molecule has 0 bridgehead atoms. The fourth-order valence-corrected chi connectivity index (χ4v) is 5.05. The van der Waals surface area contributed by atoms with Gasteiger partial charge in [-0.2, -0.15) is 10.5 Å². The standard InChI is InChI=1S/C27H34BF2N5O5/c1-26(2,34-12-10-27(29,30)18-34)14-21(16-32)24(36)35-11-6-5-9-22(35)17-40-25(37)33-23(28(38)39)13-19-7-3-4-8-20(19)15-31/h3-4,7-8,14,22-23,38-39H,5-6,9-13,17-18H2,1-2H3,(H,33,37)/b21-14+/t22-,23+/m1/s1. The first kappa shape index (κ1) is 31.0. The van der Waals surface area contributed by atoms with Crippen LogP contribution in [0.5, 0.6) is 0 Å². The summed E-state index contributed by atoms with van der Waals surface area (Å²) in [7, 11) is -1.92. The summed E-state index contributed by atoms with van der Waals surface area (Å²) in [4.78, 5) is 28.9. The van der Waals surface area contributed by atoms with Crippen LogP contribution in [-0.4, -0.2) is 88.7 Å². The van der Waals surface area contributed by atoms with Gasteiger partial charge in [-0.25, -0.2) is 13.6 Å². The van der Waals surface area contributed by atoms with Crippen molar-refractivity contribution >= 4 is 19.1 Å². The van der Waals surface area contributed by atoms with Gasteiger partial charge in [0.15, 0.2) is 0 Å². The Labute approximate surface area is 232 Å². The first-order valence-corrected chi connectivity index (χ1v) is 13.2. The van der Waals surface area contributed by atoms with E-state index < -0.39 is 49.1 Å². The van der Waals surface area contributed by atoms with Crippen LogP contribution >= 0.6 is 0 Å². The number of amides is 2. The maximum atomic E-state index is 13.8. The highest BCUT2D eigenvalue weighted by atomic mass is 19.3. The number of ether oxygens (including phenoxy) is 1. The molecule has 2 saturated heterocycles. The van der Waals surface area contributed by atoms with E-state index in [1.807, 2.05) is 12.1 Å². The van der Waals surface area contributed by atoms with Crippen LogP contribution in [0.1, 0.15) is 50.7 Å². The number of halogens is 2. The quantitative estimate of drug-likeness (QED) is 0.238. The Morgan fingerprint density at radius 2 is 2.00 bits per heavy atom. The predicted molar refractivity (Wildman–Crippen MR) is 142 cm³/mol. The molecule has 2 heterocycles. The van der Waals surface area contributed by atoms with Crippen molar-refractivity contribution in [2.24, 2.45) is 0 Å². The Bertz CT molecular complexity index is 1200. The summed E-state index contributed by atoms with van der Waals surface area (Å²) in [6.07, 6.45) is 2.14. The summed E-state index contributed by atoms with van der Waals surface area (Å²) < 4.78 is 32.9. The fourth-order valence-electron chi connectivity index (χ4n) is 5.05. The van der Waals surface area contributed by atoms with Gasteiger partial charge in [-0.15, -0.1) is 0 Å². The van der Waals surface area contributed by atoms with Gasteiger partial charge in [0.2, 0.25) is 0 Å². The van der Waals surface area contributed by atoms with Crippen LogP contribution in [0, 0.1) is 22.7 Å². The molecule has 1 aromatic carbocycles. The van der Waals surface area contributed by atoms with Crippen LogP contribution in [0.3, 0.4) is 0 Å². The van der Waals surface area contributed by atoms with Crippen LogP contribution < -0.4 is 5.32 Å². The minimum absolute atomic E-state index is 0.0282. The predicted octanol–water partition coefficient (Wildman–Crippen LogP) is 2.16. The molecule has 0 aromatic heterocycles. The number of carbonyl (C=O) groups is 2. The zero-order chi connectivity index (χ0) is 29.5. The van der Waals surface area contributed by atoms with Gasteiger partial charge in [0.1, 0.15) is 18.2 Å². The Balaban J connectivity index is 1.64. The van der Waals surface area contributed by atoms with Crippen molar-refractivity contribution in [3.63, 3.8) is 0 Å². The molecule has 3 N–H and O–H groups in total. The lowest BCUT2D eigenvalue weighted by Gasteiger charge is -2.36. The molecule has 13 heteroatoms. The van der Waals surface area contributed by atoms with E-state index in [-0.39, 0.29) is 31.6 Å². The number of alkyl carbamates (subject to hydrolysis) is 1. The molecule has 40 heavy (non-hydrogen) atoms. The summed E-state index contributed by atoms with van der Waals surface area (Å²) >= 11 is 0. The van der Waals surface area contributed by atoms with Crippen molar-refractivity contribution < 1.29 is 33.2 Å². The molecule has 0 spiro atoms. The number of rotatable bonds is 9. The average molecular weight is 557 g/mol. The number of nitrogens with one attached hydrogen (secondary N) is 1. The maximum absolute atomic E-state index is 13.8. The Kier molecular flexibility index (Phi) is 10.3. The largest absolute Gasteiger partial charge is 0.475 e. The fraction of sp³-hybridized carbons (Fsp3) is 0.556. The molecule has 2 amide bonds. The van der Waals surface area contributed by atoms with Gasteiger partial charge in [-0.1, -0.05) is 18.2 Å². The summed E-state index contributed by atoms with van der Waals surface area (Å²) in [5, 5.41) is 41.0. The molecule has 0 unspecified atom stereocenters. The van der Waals surface area contributed by atoms with E-state index in [1.165, 1.54) is 11.0 Å². The Hall–Kier alpha value is -3.52. The third-order valence-electron chi connectivity index (χ3n) is 7.37. The van der Waals surface area contributed by atoms with Gasteiger partial charge < -0.3 is 25.0 Å². The highest BCUT2D eigenvalue weighted by Gasteiger charge is 2.43. The number of hydrogen-bond donors (Lipinski definition) is 3. The number of piperidine rings is 1. The number of likely N-dealkylation sites (tertiary alicyclic amines) is 2. The van der Waals surface area contributed by atoms with E-state index in [9.17, 15) is 38.9 Å². The van der Waals surface area contributed by atoms with Crippen molar-refractivity contribution in [2.75, 3.05) is 26.2 Å². The first-order chi connectivity index (χ1) is 18.9. The molecule has 0 radical (unpaired) electrons. The van der Waals surface area contributed by atoms with Gasteiger partial charge in [-0.3, -0.25) is 9.69 Å². The number of hydrogen-bond acceptors (Lipinski definition) is 8. The molecule has 2 aliphatic heterocycles. The first-order valence-electron chi connectivity index (χ1n) is 13.2. The minimum atomic E-state index is -2.82. The second-order valence-corrected chi connectivity index (χ2v) is 10.7. The lowest BCUT2D eigenvalue weighted by atomic mass is 9.75. The molecule has 2 atom stereocenters. The molecule has 0 aliphatic carbocycles. The topological polar surface area (TPSA) is 150 Å². The molecule has 0 saturated carbocycles. The van der Waals surface area contributed by atoms with E-state index >= 15 is 0 Å². The molecule has 10 nitrogen and oxygen atoms in total. The maximum Gasteiger partial charge on any atom is 0.475 e. The molecular weight excluding hydrogens is 523 g/mol. The zero-order valence-corrected chi connectivity index (χ0v) is 22.6. The lowest BCUT2D eigenvalue weighted by molar-refractivity contribution is -0.131. The van der Waals surface area contributed by atoms with Crippen LogP contribution in [-0.2, 0) is 16.0 Å². The van der Waals surface area contributed by atoms with Crippen LogP contribution in [0.2, 0.25) is 0 Å². The summed E-state index contributed by atoms with van der Waals surface area (Å²) in [5.74, 6) is -4.53. The molecule has 2 fully saturated rings. The highest BCUT2D eigenvalue weighted by molar-refractivity contribution is 6.43. The molecule has 2 aliphatic rings. The normalized spacial score (nSPS) is 20.2.